The maximum absolute atomic E-state index is 13.1. The van der Waals surface area contributed by atoms with Crippen molar-refractivity contribution in [1.29, 1.82) is 0 Å². The normalized spacial score (nSPS) is 14.4. The van der Waals surface area contributed by atoms with E-state index in [1.807, 2.05) is 12.1 Å². The average Bonchev–Trinajstić information content (AvgIpc) is 3.29. The zero-order valence-corrected chi connectivity index (χ0v) is 23.5. The molecular formula is C27H33Cl2N5O3S. The van der Waals surface area contributed by atoms with Crippen molar-refractivity contribution in [3.05, 3.63) is 76.2 Å². The fourth-order valence-corrected chi connectivity index (χ4v) is 5.89. The molecule has 0 bridgehead atoms. The van der Waals surface area contributed by atoms with E-state index in [1.54, 1.807) is 16.7 Å². The molecule has 3 aromatic rings. The minimum Gasteiger partial charge on any atom is -0.351 e. The number of aromatic nitrogens is 2. The third-order valence-electron chi connectivity index (χ3n) is 6.65. The van der Waals surface area contributed by atoms with Crippen molar-refractivity contribution < 1.29 is 13.2 Å². The number of sulfonamides is 1. The lowest BCUT2D eigenvalue weighted by atomic mass is 9.89. The van der Waals surface area contributed by atoms with Crippen molar-refractivity contribution in [3.63, 3.8) is 0 Å². The average molecular weight is 579 g/mol. The summed E-state index contributed by atoms with van der Waals surface area (Å²) in [6, 6.07) is 13.0. The summed E-state index contributed by atoms with van der Waals surface area (Å²) < 4.78 is 30.4. The number of anilines is 1. The fourth-order valence-electron chi connectivity index (χ4n) is 4.56. The first-order valence-electron chi connectivity index (χ1n) is 12.9. The Morgan fingerprint density at radius 3 is 2.29 bits per heavy atom. The molecule has 1 amide bonds. The first kappa shape index (κ1) is 28.4. The van der Waals surface area contributed by atoms with Crippen LogP contribution in [0.25, 0.3) is 0 Å². The summed E-state index contributed by atoms with van der Waals surface area (Å²) in [4.78, 5) is 17.3. The van der Waals surface area contributed by atoms with Gasteiger partial charge in [-0.25, -0.2) is 13.4 Å². The molecule has 0 atom stereocenters. The SMILES string of the molecule is O=C(NCCCNCC1CCCCC1)c1ncn(Cc2ccc(Cl)cc2)c1NS(=O)(=O)c1ccc(Cl)cc1. The van der Waals surface area contributed by atoms with Crippen LogP contribution in [0.2, 0.25) is 10.0 Å². The maximum Gasteiger partial charge on any atom is 0.273 e. The Bertz CT molecular complexity index is 1310. The topological polar surface area (TPSA) is 105 Å². The van der Waals surface area contributed by atoms with Crippen LogP contribution >= 0.6 is 23.2 Å². The highest BCUT2D eigenvalue weighted by Crippen LogP contribution is 2.24. The third kappa shape index (κ3) is 7.96. The molecule has 1 aliphatic carbocycles. The van der Waals surface area contributed by atoms with Crippen molar-refractivity contribution in [1.82, 2.24) is 20.2 Å². The summed E-state index contributed by atoms with van der Waals surface area (Å²) in [6.07, 6.45) is 8.77. The Morgan fingerprint density at radius 1 is 0.947 bits per heavy atom. The van der Waals surface area contributed by atoms with E-state index < -0.39 is 15.9 Å². The number of carbonyl (C=O) groups is 1. The zero-order chi connectivity index (χ0) is 27.0. The first-order chi connectivity index (χ1) is 18.3. The Labute approximate surface area is 234 Å². The van der Waals surface area contributed by atoms with Gasteiger partial charge in [0.05, 0.1) is 17.8 Å². The van der Waals surface area contributed by atoms with E-state index >= 15 is 0 Å². The Kier molecular flexibility index (Phi) is 10.1. The van der Waals surface area contributed by atoms with Gasteiger partial charge in [-0.2, -0.15) is 0 Å². The predicted octanol–water partition coefficient (Wildman–Crippen LogP) is 5.33. The number of rotatable bonds is 12. The summed E-state index contributed by atoms with van der Waals surface area (Å²) in [6.45, 7) is 2.56. The molecule has 1 aliphatic rings. The minimum atomic E-state index is -4.00. The molecule has 204 valence electrons. The number of hydrogen-bond acceptors (Lipinski definition) is 5. The molecule has 1 aromatic heterocycles. The molecule has 1 heterocycles. The lowest BCUT2D eigenvalue weighted by Crippen LogP contribution is -2.30. The van der Waals surface area contributed by atoms with Gasteiger partial charge in [0.25, 0.3) is 15.9 Å². The van der Waals surface area contributed by atoms with Gasteiger partial charge < -0.3 is 15.2 Å². The summed E-state index contributed by atoms with van der Waals surface area (Å²) in [5.74, 6) is 0.392. The summed E-state index contributed by atoms with van der Waals surface area (Å²) >= 11 is 11.9. The molecule has 1 fully saturated rings. The van der Waals surface area contributed by atoms with Crippen molar-refractivity contribution in [2.24, 2.45) is 5.92 Å². The molecule has 4 rings (SSSR count). The van der Waals surface area contributed by atoms with Crippen LogP contribution in [0.15, 0.2) is 59.8 Å². The largest absolute Gasteiger partial charge is 0.351 e. The van der Waals surface area contributed by atoms with Gasteiger partial charge in [-0.1, -0.05) is 54.6 Å². The number of halogens is 2. The maximum atomic E-state index is 13.1. The van der Waals surface area contributed by atoms with Crippen LogP contribution in [0, 0.1) is 5.92 Å². The van der Waals surface area contributed by atoms with E-state index in [4.69, 9.17) is 23.2 Å². The Hall–Kier alpha value is -2.59. The van der Waals surface area contributed by atoms with Gasteiger partial charge in [0.1, 0.15) is 0 Å². The van der Waals surface area contributed by atoms with Crippen molar-refractivity contribution in [3.8, 4) is 0 Å². The molecule has 38 heavy (non-hydrogen) atoms. The van der Waals surface area contributed by atoms with Gasteiger partial charge in [-0.3, -0.25) is 9.52 Å². The van der Waals surface area contributed by atoms with E-state index in [-0.39, 0.29) is 16.4 Å². The van der Waals surface area contributed by atoms with Crippen molar-refractivity contribution in [2.45, 2.75) is 50.0 Å². The predicted molar refractivity (Wildman–Crippen MR) is 151 cm³/mol. The van der Waals surface area contributed by atoms with Crippen LogP contribution in [0.4, 0.5) is 5.82 Å². The van der Waals surface area contributed by atoms with Gasteiger partial charge in [-0.15, -0.1) is 0 Å². The molecule has 0 saturated heterocycles. The smallest absolute Gasteiger partial charge is 0.273 e. The molecule has 11 heteroatoms. The number of imidazole rings is 1. The van der Waals surface area contributed by atoms with Crippen LogP contribution in [0.5, 0.6) is 0 Å². The molecular weight excluding hydrogens is 545 g/mol. The number of amides is 1. The zero-order valence-electron chi connectivity index (χ0n) is 21.1. The number of hydrogen-bond donors (Lipinski definition) is 3. The van der Waals surface area contributed by atoms with Gasteiger partial charge >= 0.3 is 0 Å². The fraction of sp³-hybridized carbons (Fsp3) is 0.407. The molecule has 0 radical (unpaired) electrons. The molecule has 0 spiro atoms. The summed E-state index contributed by atoms with van der Waals surface area (Å²) in [5, 5.41) is 7.37. The van der Waals surface area contributed by atoms with E-state index in [0.717, 1.165) is 31.0 Å². The van der Waals surface area contributed by atoms with E-state index in [1.165, 1.54) is 62.7 Å². The van der Waals surface area contributed by atoms with E-state index in [0.29, 0.717) is 23.1 Å². The van der Waals surface area contributed by atoms with Gasteiger partial charge in [0, 0.05) is 16.6 Å². The summed E-state index contributed by atoms with van der Waals surface area (Å²) in [5.41, 5.74) is 0.876. The molecule has 2 aromatic carbocycles. The van der Waals surface area contributed by atoms with Crippen LogP contribution < -0.4 is 15.4 Å². The van der Waals surface area contributed by atoms with Crippen LogP contribution in [-0.2, 0) is 16.6 Å². The molecule has 3 N–H and O–H groups in total. The van der Waals surface area contributed by atoms with Crippen LogP contribution in [0.3, 0.4) is 0 Å². The Morgan fingerprint density at radius 2 is 1.61 bits per heavy atom. The second-order valence-electron chi connectivity index (χ2n) is 9.57. The van der Waals surface area contributed by atoms with Crippen LogP contribution in [0.1, 0.15) is 54.6 Å². The number of nitrogens with zero attached hydrogens (tertiary/aromatic N) is 2. The van der Waals surface area contributed by atoms with Crippen molar-refractivity contribution in [2.75, 3.05) is 24.4 Å². The molecule has 0 aliphatic heterocycles. The molecule has 0 unspecified atom stereocenters. The van der Waals surface area contributed by atoms with E-state index in [9.17, 15) is 13.2 Å². The first-order valence-corrected chi connectivity index (χ1v) is 15.1. The monoisotopic (exact) mass is 577 g/mol. The molecule has 1 saturated carbocycles. The van der Waals surface area contributed by atoms with E-state index in [2.05, 4.69) is 20.3 Å². The second kappa shape index (κ2) is 13.5. The lowest BCUT2D eigenvalue weighted by Gasteiger charge is -2.21. The highest BCUT2D eigenvalue weighted by Gasteiger charge is 2.24. The quantitative estimate of drug-likeness (QED) is 0.252. The highest BCUT2D eigenvalue weighted by molar-refractivity contribution is 7.92. The van der Waals surface area contributed by atoms with Gasteiger partial charge in [0.15, 0.2) is 11.5 Å². The number of benzene rings is 2. The van der Waals surface area contributed by atoms with Gasteiger partial charge in [-0.05, 0) is 80.2 Å². The third-order valence-corrected chi connectivity index (χ3v) is 8.51. The molecule has 8 nitrogen and oxygen atoms in total. The summed E-state index contributed by atoms with van der Waals surface area (Å²) in [7, 11) is -4.00. The minimum absolute atomic E-state index is 0.00617. The van der Waals surface area contributed by atoms with Gasteiger partial charge in [0.2, 0.25) is 0 Å². The number of nitrogens with one attached hydrogen (secondary N) is 3. The lowest BCUT2D eigenvalue weighted by molar-refractivity contribution is 0.0949. The number of carbonyl (C=O) groups excluding carboxylic acids is 1. The van der Waals surface area contributed by atoms with Crippen LogP contribution in [-0.4, -0.2) is 43.5 Å². The highest BCUT2D eigenvalue weighted by atomic mass is 35.5. The van der Waals surface area contributed by atoms with Crippen molar-refractivity contribution >= 4 is 45.0 Å². The standard InChI is InChI=1S/C27H33Cl2N5O3S/c28-22-9-7-21(8-10-22)18-34-19-32-25(26(34)33-38(36,37)24-13-11-23(29)12-14-24)27(35)31-16-4-15-30-17-20-5-2-1-3-6-20/h7-14,19-20,30,33H,1-6,15-18H2,(H,31,35). The Balaban J connectivity index is 1.43. The second-order valence-corrected chi connectivity index (χ2v) is 12.1.